The van der Waals surface area contributed by atoms with Crippen LogP contribution in [0.15, 0.2) is 0 Å². The molecule has 0 radical (unpaired) electrons. The molecule has 0 heterocycles. The van der Waals surface area contributed by atoms with Crippen molar-refractivity contribution in [3.63, 3.8) is 0 Å². The Morgan fingerprint density at radius 2 is 1.79 bits per heavy atom. The van der Waals surface area contributed by atoms with Gasteiger partial charge in [0, 0.05) is 13.0 Å². The molecule has 2 aliphatic rings. The van der Waals surface area contributed by atoms with E-state index in [-0.39, 0.29) is 17.7 Å². The monoisotopic (exact) mass is 267 g/mol. The van der Waals surface area contributed by atoms with Crippen LogP contribution in [-0.2, 0) is 9.59 Å². The predicted molar refractivity (Wildman–Crippen MR) is 72.7 cm³/mol. The summed E-state index contributed by atoms with van der Waals surface area (Å²) in [5.41, 5.74) is -0.284. The van der Waals surface area contributed by atoms with E-state index in [4.69, 9.17) is 5.11 Å². The predicted octanol–water partition coefficient (Wildman–Crippen LogP) is 2.72. The van der Waals surface area contributed by atoms with Crippen LogP contribution in [0.4, 0.5) is 0 Å². The highest BCUT2D eigenvalue weighted by Gasteiger charge is 2.36. The number of hydrogen-bond acceptors (Lipinski definition) is 2. The lowest BCUT2D eigenvalue weighted by Crippen LogP contribution is -2.35. The van der Waals surface area contributed by atoms with Gasteiger partial charge in [-0.3, -0.25) is 9.59 Å². The molecular formula is C15H25NO3. The number of carboxylic acid groups (broad SMARTS) is 1. The Kier molecular flexibility index (Phi) is 4.83. The highest BCUT2D eigenvalue weighted by atomic mass is 16.4. The molecule has 4 nitrogen and oxygen atoms in total. The average Bonchev–Trinajstić information content (AvgIpc) is 3.12. The zero-order chi connectivity index (χ0) is 13.7. The number of hydrogen-bond donors (Lipinski definition) is 2. The Labute approximate surface area is 115 Å². The first-order valence-corrected chi connectivity index (χ1v) is 7.58. The lowest BCUT2D eigenvalue weighted by atomic mass is 9.69. The van der Waals surface area contributed by atoms with E-state index in [0.29, 0.717) is 6.42 Å². The van der Waals surface area contributed by atoms with Crippen LogP contribution in [0, 0.1) is 11.3 Å². The number of carbonyl (C=O) groups is 2. The molecule has 0 spiro atoms. The van der Waals surface area contributed by atoms with Crippen molar-refractivity contribution in [2.24, 2.45) is 11.3 Å². The van der Waals surface area contributed by atoms with Crippen LogP contribution in [0.3, 0.4) is 0 Å². The lowest BCUT2D eigenvalue weighted by molar-refractivity contribution is -0.141. The quantitative estimate of drug-likeness (QED) is 0.745. The fourth-order valence-corrected chi connectivity index (χ4v) is 3.26. The maximum absolute atomic E-state index is 12.0. The molecule has 0 saturated heterocycles. The van der Waals surface area contributed by atoms with Crippen LogP contribution in [-0.4, -0.2) is 23.5 Å². The van der Waals surface area contributed by atoms with Gasteiger partial charge in [-0.25, -0.2) is 0 Å². The Hall–Kier alpha value is -1.06. The van der Waals surface area contributed by atoms with Crippen LogP contribution >= 0.6 is 0 Å². The van der Waals surface area contributed by atoms with E-state index in [1.54, 1.807) is 0 Å². The molecule has 1 amide bonds. The first-order valence-electron chi connectivity index (χ1n) is 7.58. The second-order valence-electron chi connectivity index (χ2n) is 6.39. The summed E-state index contributed by atoms with van der Waals surface area (Å²) < 4.78 is 0. The summed E-state index contributed by atoms with van der Waals surface area (Å²) >= 11 is 0. The largest absolute Gasteiger partial charge is 0.481 e. The third-order valence-corrected chi connectivity index (χ3v) is 4.55. The third kappa shape index (κ3) is 4.84. The van der Waals surface area contributed by atoms with Gasteiger partial charge in [-0.05, 0) is 30.6 Å². The van der Waals surface area contributed by atoms with Gasteiger partial charge in [0.05, 0.1) is 6.42 Å². The first kappa shape index (κ1) is 14.4. The molecular weight excluding hydrogens is 242 g/mol. The summed E-state index contributed by atoms with van der Waals surface area (Å²) in [6.45, 7) is 0.757. The van der Waals surface area contributed by atoms with Crippen LogP contribution in [0.1, 0.15) is 64.2 Å². The standard InChI is InChI=1S/C15H25NO3/c17-13(16-9-6-12-4-5-12)10-15(11-14(18)19)7-2-1-3-8-15/h12H,1-11H2,(H,16,17)(H,18,19). The van der Waals surface area contributed by atoms with Gasteiger partial charge in [-0.2, -0.15) is 0 Å². The smallest absolute Gasteiger partial charge is 0.303 e. The topological polar surface area (TPSA) is 66.4 Å². The van der Waals surface area contributed by atoms with Gasteiger partial charge in [-0.15, -0.1) is 0 Å². The molecule has 2 fully saturated rings. The van der Waals surface area contributed by atoms with Crippen molar-refractivity contribution in [1.29, 1.82) is 0 Å². The number of amides is 1. The third-order valence-electron chi connectivity index (χ3n) is 4.55. The molecule has 0 aliphatic heterocycles. The maximum Gasteiger partial charge on any atom is 0.303 e. The molecule has 108 valence electrons. The molecule has 0 unspecified atom stereocenters. The number of carboxylic acids is 1. The molecule has 19 heavy (non-hydrogen) atoms. The Morgan fingerprint density at radius 3 is 2.37 bits per heavy atom. The minimum absolute atomic E-state index is 0.0452. The van der Waals surface area contributed by atoms with Crippen molar-refractivity contribution < 1.29 is 14.7 Å². The van der Waals surface area contributed by atoms with Crippen molar-refractivity contribution >= 4 is 11.9 Å². The summed E-state index contributed by atoms with van der Waals surface area (Å²) in [4.78, 5) is 23.0. The van der Waals surface area contributed by atoms with E-state index < -0.39 is 5.97 Å². The van der Waals surface area contributed by atoms with Crippen molar-refractivity contribution in [1.82, 2.24) is 5.32 Å². The maximum atomic E-state index is 12.0. The highest BCUT2D eigenvalue weighted by molar-refractivity contribution is 5.78. The van der Waals surface area contributed by atoms with E-state index in [1.165, 1.54) is 19.3 Å². The number of carbonyl (C=O) groups excluding carboxylic acids is 1. The molecule has 0 atom stereocenters. The summed E-state index contributed by atoms with van der Waals surface area (Å²) in [6, 6.07) is 0. The SMILES string of the molecule is O=C(O)CC1(CC(=O)NCCC2CC2)CCCCC1. The van der Waals surface area contributed by atoms with Crippen LogP contribution < -0.4 is 5.32 Å². The molecule has 0 aromatic carbocycles. The molecule has 2 aliphatic carbocycles. The zero-order valence-corrected chi connectivity index (χ0v) is 11.6. The molecule has 0 aromatic heterocycles. The van der Waals surface area contributed by atoms with Gasteiger partial charge in [0.2, 0.25) is 5.91 Å². The van der Waals surface area contributed by atoms with E-state index >= 15 is 0 Å². The van der Waals surface area contributed by atoms with Gasteiger partial charge >= 0.3 is 5.97 Å². The minimum Gasteiger partial charge on any atom is -0.481 e. The normalized spacial score (nSPS) is 21.9. The zero-order valence-electron chi connectivity index (χ0n) is 11.6. The van der Waals surface area contributed by atoms with E-state index in [2.05, 4.69) is 5.32 Å². The fourth-order valence-electron chi connectivity index (χ4n) is 3.26. The highest BCUT2D eigenvalue weighted by Crippen LogP contribution is 2.42. The molecule has 2 saturated carbocycles. The Bertz CT molecular complexity index is 330. The Morgan fingerprint density at radius 1 is 1.11 bits per heavy atom. The van der Waals surface area contributed by atoms with Gasteiger partial charge in [0.1, 0.15) is 0 Å². The second-order valence-corrected chi connectivity index (χ2v) is 6.39. The van der Waals surface area contributed by atoms with Gasteiger partial charge in [0.15, 0.2) is 0 Å². The number of aliphatic carboxylic acids is 1. The summed E-state index contributed by atoms with van der Waals surface area (Å²) in [5.74, 6) is 0.0967. The lowest BCUT2D eigenvalue weighted by Gasteiger charge is -2.35. The van der Waals surface area contributed by atoms with Gasteiger partial charge < -0.3 is 10.4 Å². The van der Waals surface area contributed by atoms with E-state index in [0.717, 1.165) is 44.6 Å². The minimum atomic E-state index is -0.771. The average molecular weight is 267 g/mol. The van der Waals surface area contributed by atoms with E-state index in [9.17, 15) is 9.59 Å². The van der Waals surface area contributed by atoms with Gasteiger partial charge in [0.25, 0.3) is 0 Å². The molecule has 0 aromatic rings. The molecule has 4 heteroatoms. The van der Waals surface area contributed by atoms with Crippen LogP contribution in [0.2, 0.25) is 0 Å². The van der Waals surface area contributed by atoms with Crippen molar-refractivity contribution in [3.8, 4) is 0 Å². The summed E-state index contributed by atoms with van der Waals surface area (Å²) in [5, 5.41) is 12.0. The number of rotatable bonds is 7. The summed E-state index contributed by atoms with van der Waals surface area (Å²) in [6.07, 6.45) is 9.28. The van der Waals surface area contributed by atoms with Crippen molar-refractivity contribution in [3.05, 3.63) is 0 Å². The van der Waals surface area contributed by atoms with Crippen LogP contribution in [0.5, 0.6) is 0 Å². The fraction of sp³-hybridized carbons (Fsp3) is 0.867. The summed E-state index contributed by atoms with van der Waals surface area (Å²) in [7, 11) is 0. The Balaban J connectivity index is 1.79. The van der Waals surface area contributed by atoms with E-state index in [1.807, 2.05) is 0 Å². The van der Waals surface area contributed by atoms with Crippen molar-refractivity contribution in [2.45, 2.75) is 64.2 Å². The molecule has 0 bridgehead atoms. The molecule has 2 rings (SSSR count). The van der Waals surface area contributed by atoms with Gasteiger partial charge in [-0.1, -0.05) is 32.1 Å². The second kappa shape index (κ2) is 6.40. The molecule has 2 N–H and O–H groups in total. The van der Waals surface area contributed by atoms with Crippen molar-refractivity contribution in [2.75, 3.05) is 6.54 Å². The number of nitrogens with one attached hydrogen (secondary N) is 1. The first-order chi connectivity index (χ1) is 9.10. The van der Waals surface area contributed by atoms with Crippen LogP contribution in [0.25, 0.3) is 0 Å².